The Kier molecular flexibility index (Phi) is 7.50. The fourth-order valence-corrected chi connectivity index (χ4v) is 9.86. The van der Waals surface area contributed by atoms with Crippen molar-refractivity contribution in [1.29, 1.82) is 0 Å². The van der Waals surface area contributed by atoms with Gasteiger partial charge >= 0.3 is 43.2 Å². The molecular weight excluding hydrogens is 742 g/mol. The maximum absolute atomic E-state index is 16.3. The third-order valence-electron chi connectivity index (χ3n) is 7.43. The molecule has 1 spiro atoms. The SMILES string of the molecule is C[Si]1(C)c2c(cc(F)c(OS(=O)(=O)C(F)(F)F)c2F)C2(OC(=O)c3ccc(C(=O)O)cc32)c2cc(F)c(OS(=O)(=O)C(F)(F)F)c(F)c21. The van der Waals surface area contributed by atoms with E-state index < -0.39 is 130 Å². The minimum atomic E-state index is -6.81. The Morgan fingerprint density at radius 3 is 1.56 bits per heavy atom. The van der Waals surface area contributed by atoms with Crippen LogP contribution in [0.4, 0.5) is 43.9 Å². The average molecular weight is 755 g/mol. The quantitative estimate of drug-likeness (QED) is 0.133. The summed E-state index contributed by atoms with van der Waals surface area (Å²) >= 11 is 0. The predicted molar refractivity (Wildman–Crippen MR) is 139 cm³/mol. The molecule has 1 N–H and O–H groups in total. The van der Waals surface area contributed by atoms with E-state index in [4.69, 9.17) is 4.74 Å². The fraction of sp³-hybridized carbons (Fsp3) is 0.200. The van der Waals surface area contributed by atoms with Gasteiger partial charge in [-0.2, -0.15) is 43.2 Å². The summed E-state index contributed by atoms with van der Waals surface area (Å²) in [5, 5.41) is 7.27. The summed E-state index contributed by atoms with van der Waals surface area (Å²) in [5.41, 5.74) is -19.5. The molecule has 0 aromatic heterocycles. The van der Waals surface area contributed by atoms with Crippen LogP contribution in [0.25, 0.3) is 0 Å². The van der Waals surface area contributed by atoms with Crippen molar-refractivity contribution < 1.29 is 88.5 Å². The van der Waals surface area contributed by atoms with Crippen molar-refractivity contribution >= 4 is 50.6 Å². The zero-order valence-electron chi connectivity index (χ0n) is 23.1. The van der Waals surface area contributed by atoms with E-state index in [0.717, 1.165) is 25.2 Å². The molecule has 0 bridgehead atoms. The molecule has 2 aliphatic heterocycles. The second-order valence-electron chi connectivity index (χ2n) is 10.6. The topological polar surface area (TPSA) is 150 Å². The summed E-state index contributed by atoms with van der Waals surface area (Å²) in [5.74, 6) is -16.6. The van der Waals surface area contributed by atoms with Crippen LogP contribution in [0.3, 0.4) is 0 Å². The lowest BCUT2D eigenvalue weighted by Gasteiger charge is -2.44. The molecule has 48 heavy (non-hydrogen) atoms. The second kappa shape index (κ2) is 10.3. The molecule has 10 nitrogen and oxygen atoms in total. The Bertz CT molecular complexity index is 2090. The highest BCUT2D eigenvalue weighted by Crippen LogP contribution is 2.51. The van der Waals surface area contributed by atoms with Gasteiger partial charge in [-0.3, -0.25) is 0 Å². The number of hydrogen-bond donors (Lipinski definition) is 1. The summed E-state index contributed by atoms with van der Waals surface area (Å²) < 4.78 is 202. The maximum Gasteiger partial charge on any atom is 0.534 e. The fourth-order valence-electron chi connectivity index (χ4n) is 5.51. The number of carbonyl (C=O) groups excluding carboxylic acids is 1. The number of carboxylic acids is 1. The molecule has 5 rings (SSSR count). The van der Waals surface area contributed by atoms with Crippen LogP contribution in [0.1, 0.15) is 37.4 Å². The molecule has 0 fully saturated rings. The molecule has 0 unspecified atom stereocenters. The summed E-state index contributed by atoms with van der Waals surface area (Å²) in [6.07, 6.45) is 0. The highest BCUT2D eigenvalue weighted by atomic mass is 32.2. The smallest absolute Gasteiger partial charge is 0.478 e. The lowest BCUT2D eigenvalue weighted by Crippen LogP contribution is -2.65. The summed E-state index contributed by atoms with van der Waals surface area (Å²) in [7, 11) is -18.3. The van der Waals surface area contributed by atoms with Crippen molar-refractivity contribution in [2.24, 2.45) is 0 Å². The van der Waals surface area contributed by atoms with E-state index in [1.54, 1.807) is 0 Å². The van der Waals surface area contributed by atoms with Crippen molar-refractivity contribution in [2.75, 3.05) is 0 Å². The van der Waals surface area contributed by atoms with Crippen molar-refractivity contribution in [2.45, 2.75) is 29.7 Å². The number of carboxylic acid groups (broad SMARTS) is 1. The van der Waals surface area contributed by atoms with Crippen molar-refractivity contribution in [3.8, 4) is 11.5 Å². The van der Waals surface area contributed by atoms with Crippen LogP contribution in [-0.2, 0) is 30.6 Å². The van der Waals surface area contributed by atoms with Crippen molar-refractivity contribution in [3.05, 3.63) is 81.4 Å². The van der Waals surface area contributed by atoms with E-state index in [1.807, 2.05) is 0 Å². The first-order valence-corrected chi connectivity index (χ1v) is 18.2. The summed E-state index contributed by atoms with van der Waals surface area (Å²) in [6.45, 7) is 1.77. The van der Waals surface area contributed by atoms with Gasteiger partial charge in [-0.25, -0.2) is 27.2 Å². The molecule has 2 heterocycles. The number of esters is 1. The number of ether oxygens (including phenoxy) is 1. The molecule has 258 valence electrons. The van der Waals surface area contributed by atoms with Crippen LogP contribution < -0.4 is 18.7 Å². The van der Waals surface area contributed by atoms with Gasteiger partial charge < -0.3 is 18.2 Å². The maximum atomic E-state index is 16.3. The zero-order valence-corrected chi connectivity index (χ0v) is 25.7. The lowest BCUT2D eigenvalue weighted by molar-refractivity contribution is -0.0506. The molecule has 3 aromatic rings. The first-order valence-electron chi connectivity index (χ1n) is 12.4. The highest BCUT2D eigenvalue weighted by molar-refractivity contribution is 7.88. The largest absolute Gasteiger partial charge is 0.534 e. The first kappa shape index (κ1) is 34.9. The molecule has 0 radical (unpaired) electrons. The van der Waals surface area contributed by atoms with Gasteiger partial charge in [0.25, 0.3) is 0 Å². The Morgan fingerprint density at radius 1 is 0.771 bits per heavy atom. The van der Waals surface area contributed by atoms with Gasteiger partial charge in [-0.15, -0.1) is 0 Å². The van der Waals surface area contributed by atoms with Crippen molar-refractivity contribution in [3.63, 3.8) is 0 Å². The van der Waals surface area contributed by atoms with E-state index in [1.165, 1.54) is 0 Å². The van der Waals surface area contributed by atoms with Crippen LogP contribution in [0, 0.1) is 23.3 Å². The van der Waals surface area contributed by atoms with Gasteiger partial charge in [0, 0.05) is 16.7 Å². The van der Waals surface area contributed by atoms with Crippen LogP contribution in [0.15, 0.2) is 30.3 Å². The van der Waals surface area contributed by atoms with Gasteiger partial charge in [-0.1, -0.05) is 13.1 Å². The van der Waals surface area contributed by atoms with E-state index in [9.17, 15) is 57.9 Å². The standard InChI is InChI=1S/C25H12F10O10S2Si/c1-48(2)19-11(6-13(26)17(15(19)28)44-46(39,40)24(30,31)32)23(10-5-8(21(36)37)3-4-9(10)22(38)43-23)12-7-14(27)18(16(29)20(12)48)45-47(41,42)25(33,34)35/h3-7H,1-2H3,(H,36,37). The van der Waals surface area contributed by atoms with Crippen LogP contribution >= 0.6 is 0 Å². The van der Waals surface area contributed by atoms with E-state index in [2.05, 4.69) is 8.37 Å². The number of benzene rings is 3. The normalized spacial score (nSPS) is 16.5. The average Bonchev–Trinajstić information content (AvgIpc) is 3.22. The summed E-state index contributed by atoms with van der Waals surface area (Å²) in [6, 6.07) is 2.50. The first-order chi connectivity index (χ1) is 21.7. The number of carbonyl (C=O) groups is 2. The molecular formula is C25H12F10O10S2Si. The molecule has 0 atom stereocenters. The van der Waals surface area contributed by atoms with Crippen LogP contribution in [0.5, 0.6) is 11.5 Å². The zero-order chi connectivity index (χ0) is 36.3. The van der Waals surface area contributed by atoms with Gasteiger partial charge in [0.1, 0.15) is 8.07 Å². The van der Waals surface area contributed by atoms with Gasteiger partial charge in [0.05, 0.1) is 11.1 Å². The third-order valence-corrected chi connectivity index (χ3v) is 12.8. The molecule has 23 heteroatoms. The highest BCUT2D eigenvalue weighted by Gasteiger charge is 2.60. The molecule has 2 aliphatic rings. The van der Waals surface area contributed by atoms with Crippen molar-refractivity contribution in [1.82, 2.24) is 0 Å². The molecule has 0 saturated carbocycles. The Hall–Kier alpha value is -4.38. The third kappa shape index (κ3) is 4.80. The number of aromatic carboxylic acids is 1. The monoisotopic (exact) mass is 754 g/mol. The number of alkyl halides is 6. The molecule has 0 amide bonds. The summed E-state index contributed by atoms with van der Waals surface area (Å²) in [4.78, 5) is 24.9. The number of hydrogen-bond acceptors (Lipinski definition) is 9. The Labute approximate surface area is 261 Å². The minimum Gasteiger partial charge on any atom is -0.478 e. The number of fused-ring (bicyclic) bond motifs is 6. The van der Waals surface area contributed by atoms with Gasteiger partial charge in [0.15, 0.2) is 28.9 Å². The molecule has 0 saturated heterocycles. The van der Waals surface area contributed by atoms with Gasteiger partial charge in [-0.05, 0) is 40.7 Å². The Balaban J connectivity index is 1.97. The van der Waals surface area contributed by atoms with Crippen LogP contribution in [0.2, 0.25) is 13.1 Å². The van der Waals surface area contributed by atoms with E-state index in [0.29, 0.717) is 6.07 Å². The predicted octanol–water partition coefficient (Wildman–Crippen LogP) is 4.00. The Morgan fingerprint density at radius 2 is 1.19 bits per heavy atom. The molecule has 0 aliphatic carbocycles. The van der Waals surface area contributed by atoms with Gasteiger partial charge in [0.2, 0.25) is 11.5 Å². The minimum absolute atomic E-state index is 0.0987. The van der Waals surface area contributed by atoms with E-state index in [-0.39, 0.29) is 12.1 Å². The van der Waals surface area contributed by atoms with E-state index >= 15 is 17.6 Å². The number of halogens is 10. The van der Waals surface area contributed by atoms with Crippen LogP contribution in [-0.4, -0.2) is 53.0 Å². The lowest BCUT2D eigenvalue weighted by atomic mass is 9.78. The second-order valence-corrected chi connectivity index (χ2v) is 17.9. The molecule has 3 aromatic carbocycles. The number of rotatable bonds is 5.